The number of carboxylic acid groups (broad SMARTS) is 1. The molecule has 0 amide bonds. The van der Waals surface area contributed by atoms with Gasteiger partial charge in [-0.15, -0.1) is 0 Å². The number of hydrogen-bond donors (Lipinski definition) is 1. The molecule has 3 rings (SSSR count). The maximum Gasteiger partial charge on any atom is 0.309 e. The Morgan fingerprint density at radius 2 is 1.55 bits per heavy atom. The van der Waals surface area contributed by atoms with Crippen LogP contribution in [0.4, 0.5) is 0 Å². The Bertz CT molecular complexity index is 362. The van der Waals surface area contributed by atoms with Gasteiger partial charge >= 0.3 is 5.97 Å². The molecule has 3 aliphatic carbocycles. The van der Waals surface area contributed by atoms with E-state index in [0.29, 0.717) is 11.8 Å². The van der Waals surface area contributed by atoms with Crippen LogP contribution >= 0.6 is 0 Å². The molecule has 3 fully saturated rings. The average Bonchev–Trinajstić information content (AvgIpc) is 2.47. The maximum absolute atomic E-state index is 11.9. The third-order valence-corrected chi connectivity index (χ3v) is 6.92. The standard InChI is InChI=1S/C18H30O2/c1-18(17(19)20)12-5-4-11-16(18)15-10-6-8-13-7-2-3-9-14(13)15/h13-16H,2-12H2,1H3,(H,19,20). The lowest BCUT2D eigenvalue weighted by molar-refractivity contribution is -0.157. The molecule has 0 spiro atoms. The summed E-state index contributed by atoms with van der Waals surface area (Å²) in [7, 11) is 0. The van der Waals surface area contributed by atoms with Crippen LogP contribution in [0.15, 0.2) is 0 Å². The van der Waals surface area contributed by atoms with E-state index in [9.17, 15) is 9.90 Å². The molecule has 0 saturated heterocycles. The number of rotatable bonds is 2. The molecule has 3 saturated carbocycles. The minimum Gasteiger partial charge on any atom is -0.481 e. The Balaban J connectivity index is 1.83. The van der Waals surface area contributed by atoms with Crippen LogP contribution in [0.2, 0.25) is 0 Å². The first-order valence-electron chi connectivity index (χ1n) is 8.86. The molecule has 0 aliphatic heterocycles. The molecule has 1 N–H and O–H groups in total. The van der Waals surface area contributed by atoms with Gasteiger partial charge in [0.05, 0.1) is 5.41 Å². The molecule has 5 unspecified atom stereocenters. The summed E-state index contributed by atoms with van der Waals surface area (Å²) in [5.74, 6) is 2.39. The van der Waals surface area contributed by atoms with Crippen LogP contribution in [-0.4, -0.2) is 11.1 Å². The molecule has 5 atom stereocenters. The number of carbonyl (C=O) groups is 1. The lowest BCUT2D eigenvalue weighted by Gasteiger charge is -2.50. The van der Waals surface area contributed by atoms with Crippen LogP contribution in [0.5, 0.6) is 0 Å². The molecular formula is C18H30O2. The van der Waals surface area contributed by atoms with Crippen LogP contribution in [0.1, 0.15) is 77.6 Å². The number of hydrogen-bond acceptors (Lipinski definition) is 1. The number of carboxylic acids is 1. The van der Waals surface area contributed by atoms with Crippen LogP contribution in [-0.2, 0) is 4.79 Å². The first-order valence-corrected chi connectivity index (χ1v) is 8.86. The summed E-state index contributed by atoms with van der Waals surface area (Å²) in [6.07, 6.45) is 14.1. The molecule has 0 aromatic rings. The highest BCUT2D eigenvalue weighted by molar-refractivity contribution is 5.74. The van der Waals surface area contributed by atoms with E-state index in [4.69, 9.17) is 0 Å². The predicted molar refractivity (Wildman–Crippen MR) is 80.5 cm³/mol. The summed E-state index contributed by atoms with van der Waals surface area (Å²) in [5, 5.41) is 9.79. The van der Waals surface area contributed by atoms with Crippen molar-refractivity contribution in [2.24, 2.45) is 29.1 Å². The Hall–Kier alpha value is -0.530. The fourth-order valence-electron chi connectivity index (χ4n) is 5.80. The van der Waals surface area contributed by atoms with E-state index in [1.165, 1.54) is 51.4 Å². The summed E-state index contributed by atoms with van der Waals surface area (Å²) < 4.78 is 0. The summed E-state index contributed by atoms with van der Waals surface area (Å²) in [6.45, 7) is 2.05. The third kappa shape index (κ3) is 2.40. The van der Waals surface area contributed by atoms with E-state index in [1.54, 1.807) is 0 Å². The van der Waals surface area contributed by atoms with Gasteiger partial charge in [0.1, 0.15) is 0 Å². The highest BCUT2D eigenvalue weighted by Crippen LogP contribution is 2.54. The highest BCUT2D eigenvalue weighted by atomic mass is 16.4. The minimum atomic E-state index is -0.528. The molecule has 3 aliphatic rings. The Labute approximate surface area is 123 Å². The van der Waals surface area contributed by atoms with Crippen molar-refractivity contribution in [3.05, 3.63) is 0 Å². The molecule has 2 heteroatoms. The van der Waals surface area contributed by atoms with Gasteiger partial charge in [-0.25, -0.2) is 0 Å². The van der Waals surface area contributed by atoms with Crippen molar-refractivity contribution in [2.75, 3.05) is 0 Å². The van der Waals surface area contributed by atoms with Crippen LogP contribution in [0, 0.1) is 29.1 Å². The maximum atomic E-state index is 11.9. The van der Waals surface area contributed by atoms with Crippen molar-refractivity contribution < 1.29 is 9.90 Å². The van der Waals surface area contributed by atoms with Gasteiger partial charge in [-0.2, -0.15) is 0 Å². The van der Waals surface area contributed by atoms with Gasteiger partial charge in [0, 0.05) is 0 Å². The van der Waals surface area contributed by atoms with Crippen LogP contribution in [0.25, 0.3) is 0 Å². The van der Waals surface area contributed by atoms with Crippen molar-refractivity contribution in [3.63, 3.8) is 0 Å². The molecule has 2 nitrogen and oxygen atoms in total. The first-order chi connectivity index (χ1) is 9.63. The normalized spacial score (nSPS) is 45.6. The van der Waals surface area contributed by atoms with Crippen molar-refractivity contribution in [1.82, 2.24) is 0 Å². The average molecular weight is 278 g/mol. The van der Waals surface area contributed by atoms with Crippen molar-refractivity contribution in [3.8, 4) is 0 Å². The van der Waals surface area contributed by atoms with Gasteiger partial charge in [0.25, 0.3) is 0 Å². The zero-order chi connectivity index (χ0) is 14.2. The second kappa shape index (κ2) is 5.69. The largest absolute Gasteiger partial charge is 0.481 e. The summed E-state index contributed by atoms with van der Waals surface area (Å²) >= 11 is 0. The van der Waals surface area contributed by atoms with E-state index in [-0.39, 0.29) is 0 Å². The van der Waals surface area contributed by atoms with E-state index in [1.807, 2.05) is 6.92 Å². The lowest BCUT2D eigenvalue weighted by Crippen LogP contribution is -2.46. The van der Waals surface area contributed by atoms with Gasteiger partial charge in [-0.1, -0.05) is 44.9 Å². The topological polar surface area (TPSA) is 37.3 Å². The quantitative estimate of drug-likeness (QED) is 0.782. The molecule has 0 heterocycles. The number of aliphatic carboxylic acids is 1. The van der Waals surface area contributed by atoms with Crippen molar-refractivity contribution in [2.45, 2.75) is 77.6 Å². The monoisotopic (exact) mass is 278 g/mol. The Morgan fingerprint density at radius 3 is 2.35 bits per heavy atom. The van der Waals surface area contributed by atoms with Crippen molar-refractivity contribution in [1.29, 1.82) is 0 Å². The van der Waals surface area contributed by atoms with E-state index in [0.717, 1.165) is 31.1 Å². The molecule has 0 bridgehead atoms. The fraction of sp³-hybridized carbons (Fsp3) is 0.944. The Morgan fingerprint density at radius 1 is 0.900 bits per heavy atom. The van der Waals surface area contributed by atoms with Gasteiger partial charge in [0.2, 0.25) is 0 Å². The van der Waals surface area contributed by atoms with Gasteiger partial charge < -0.3 is 5.11 Å². The molecule has 114 valence electrons. The molecular weight excluding hydrogens is 248 g/mol. The second-order valence-electron chi connectivity index (χ2n) is 7.88. The zero-order valence-corrected chi connectivity index (χ0v) is 12.9. The summed E-state index contributed by atoms with van der Waals surface area (Å²) in [4.78, 5) is 11.9. The molecule has 0 aromatic heterocycles. The minimum absolute atomic E-state index is 0.442. The summed E-state index contributed by atoms with van der Waals surface area (Å²) in [6, 6.07) is 0. The van der Waals surface area contributed by atoms with Gasteiger partial charge in [0.15, 0.2) is 0 Å². The fourth-order valence-corrected chi connectivity index (χ4v) is 5.80. The SMILES string of the molecule is CC1(C(=O)O)CCCCC1C1CCCC2CCCCC21. The van der Waals surface area contributed by atoms with Crippen LogP contribution < -0.4 is 0 Å². The van der Waals surface area contributed by atoms with Gasteiger partial charge in [-0.3, -0.25) is 4.79 Å². The first kappa shape index (κ1) is 14.4. The Kier molecular flexibility index (Phi) is 4.10. The lowest BCUT2D eigenvalue weighted by atomic mass is 9.54. The smallest absolute Gasteiger partial charge is 0.309 e. The highest BCUT2D eigenvalue weighted by Gasteiger charge is 2.50. The van der Waals surface area contributed by atoms with Crippen molar-refractivity contribution >= 4 is 5.97 Å². The van der Waals surface area contributed by atoms with E-state index < -0.39 is 11.4 Å². The summed E-state index contributed by atoms with van der Waals surface area (Å²) in [5.41, 5.74) is -0.442. The molecule has 20 heavy (non-hydrogen) atoms. The van der Waals surface area contributed by atoms with Gasteiger partial charge in [-0.05, 0) is 56.3 Å². The number of fused-ring (bicyclic) bond motifs is 1. The predicted octanol–water partition coefficient (Wildman–Crippen LogP) is 4.87. The molecule has 0 aromatic carbocycles. The van der Waals surface area contributed by atoms with E-state index >= 15 is 0 Å². The zero-order valence-electron chi connectivity index (χ0n) is 12.9. The molecule has 0 radical (unpaired) electrons. The third-order valence-electron chi connectivity index (χ3n) is 6.92. The second-order valence-corrected chi connectivity index (χ2v) is 7.88. The van der Waals surface area contributed by atoms with E-state index in [2.05, 4.69) is 0 Å². The van der Waals surface area contributed by atoms with Crippen LogP contribution in [0.3, 0.4) is 0 Å².